The molecule has 0 aliphatic rings. The molecule has 0 unspecified atom stereocenters. The van der Waals surface area contributed by atoms with Gasteiger partial charge in [-0.2, -0.15) is 0 Å². The number of ether oxygens (including phenoxy) is 1. The number of anilines is 1. The molecule has 0 aromatic heterocycles. The average Bonchev–Trinajstić information content (AvgIpc) is 2.57. The van der Waals surface area contributed by atoms with Crippen LogP contribution in [0.15, 0.2) is 48.5 Å². The van der Waals surface area contributed by atoms with E-state index in [4.69, 9.17) is 28.6 Å². The summed E-state index contributed by atoms with van der Waals surface area (Å²) >= 11 is 11.0. The van der Waals surface area contributed by atoms with Crippen molar-refractivity contribution in [3.8, 4) is 5.75 Å². The van der Waals surface area contributed by atoms with E-state index in [1.54, 1.807) is 42.5 Å². The number of hydrogen-bond donors (Lipinski definition) is 2. The van der Waals surface area contributed by atoms with Crippen molar-refractivity contribution in [1.82, 2.24) is 5.32 Å². The van der Waals surface area contributed by atoms with Gasteiger partial charge in [0, 0.05) is 10.7 Å². The summed E-state index contributed by atoms with van der Waals surface area (Å²) in [6.07, 6.45) is 1.97. The fraction of sp³-hybridized carbons (Fsp3) is 0.222. The number of unbranched alkanes of at least 4 members (excludes halogenated alkanes) is 1. The van der Waals surface area contributed by atoms with Crippen LogP contribution in [0.1, 0.15) is 30.1 Å². The second-order valence-electron chi connectivity index (χ2n) is 5.11. The minimum Gasteiger partial charge on any atom is -0.493 e. The minimum atomic E-state index is -0.312. The normalized spacial score (nSPS) is 10.1. The van der Waals surface area contributed by atoms with Crippen LogP contribution < -0.4 is 15.4 Å². The molecule has 24 heavy (non-hydrogen) atoms. The lowest BCUT2D eigenvalue weighted by Gasteiger charge is -2.13. The van der Waals surface area contributed by atoms with Crippen LogP contribution in [0.25, 0.3) is 0 Å². The quantitative estimate of drug-likeness (QED) is 0.580. The van der Waals surface area contributed by atoms with Crippen molar-refractivity contribution in [3.05, 3.63) is 59.1 Å². The van der Waals surface area contributed by atoms with Crippen molar-refractivity contribution in [2.24, 2.45) is 0 Å². The smallest absolute Gasteiger partial charge is 0.261 e. The highest BCUT2D eigenvalue weighted by atomic mass is 35.5. The number of para-hydroxylation sites is 1. The maximum Gasteiger partial charge on any atom is 0.261 e. The van der Waals surface area contributed by atoms with E-state index in [2.05, 4.69) is 17.6 Å². The summed E-state index contributed by atoms with van der Waals surface area (Å²) in [5.74, 6) is 0.242. The summed E-state index contributed by atoms with van der Waals surface area (Å²) in [4.78, 5) is 12.4. The van der Waals surface area contributed by atoms with Crippen LogP contribution in [0.5, 0.6) is 5.75 Å². The lowest BCUT2D eigenvalue weighted by atomic mass is 10.2. The van der Waals surface area contributed by atoms with Crippen LogP contribution in [0, 0.1) is 0 Å². The molecule has 0 bridgehead atoms. The van der Waals surface area contributed by atoms with E-state index in [1.165, 1.54) is 0 Å². The Morgan fingerprint density at radius 1 is 1.17 bits per heavy atom. The highest BCUT2D eigenvalue weighted by molar-refractivity contribution is 7.80. The first-order chi connectivity index (χ1) is 11.6. The summed E-state index contributed by atoms with van der Waals surface area (Å²) in [6, 6.07) is 14.2. The molecule has 0 saturated carbocycles. The van der Waals surface area contributed by atoms with Crippen molar-refractivity contribution >= 4 is 40.5 Å². The van der Waals surface area contributed by atoms with Gasteiger partial charge < -0.3 is 10.1 Å². The SMILES string of the molecule is CCCCOc1ccccc1C(=O)NC(=S)Nc1ccc(Cl)cc1. The van der Waals surface area contributed by atoms with E-state index in [0.717, 1.165) is 18.5 Å². The molecule has 0 atom stereocenters. The Kier molecular flexibility index (Phi) is 7.03. The van der Waals surface area contributed by atoms with E-state index in [-0.39, 0.29) is 11.0 Å². The maximum absolute atomic E-state index is 12.4. The van der Waals surface area contributed by atoms with Crippen molar-refractivity contribution in [2.45, 2.75) is 19.8 Å². The van der Waals surface area contributed by atoms with Gasteiger partial charge in [-0.05, 0) is 55.0 Å². The Bertz CT molecular complexity index is 704. The third kappa shape index (κ3) is 5.51. The Balaban J connectivity index is 1.98. The van der Waals surface area contributed by atoms with Gasteiger partial charge in [-0.15, -0.1) is 0 Å². The van der Waals surface area contributed by atoms with Gasteiger partial charge in [0.2, 0.25) is 0 Å². The first kappa shape index (κ1) is 18.2. The number of benzene rings is 2. The zero-order chi connectivity index (χ0) is 17.4. The van der Waals surface area contributed by atoms with Gasteiger partial charge in [0.15, 0.2) is 5.11 Å². The fourth-order valence-corrected chi connectivity index (χ4v) is 2.31. The van der Waals surface area contributed by atoms with Crippen LogP contribution in [0.4, 0.5) is 5.69 Å². The number of carbonyl (C=O) groups is 1. The molecule has 4 nitrogen and oxygen atoms in total. The molecular formula is C18H19ClN2O2S. The van der Waals surface area contributed by atoms with E-state index in [1.807, 2.05) is 6.07 Å². The largest absolute Gasteiger partial charge is 0.493 e. The number of nitrogens with one attached hydrogen (secondary N) is 2. The fourth-order valence-electron chi connectivity index (χ4n) is 1.97. The Morgan fingerprint density at radius 2 is 1.88 bits per heavy atom. The van der Waals surface area contributed by atoms with E-state index in [0.29, 0.717) is 22.9 Å². The van der Waals surface area contributed by atoms with Gasteiger partial charge in [0.05, 0.1) is 12.2 Å². The summed E-state index contributed by atoms with van der Waals surface area (Å²) in [5.41, 5.74) is 1.20. The first-order valence-electron chi connectivity index (χ1n) is 7.70. The third-order valence-corrected chi connectivity index (χ3v) is 3.67. The van der Waals surface area contributed by atoms with Crippen molar-refractivity contribution in [2.75, 3.05) is 11.9 Å². The van der Waals surface area contributed by atoms with E-state index >= 15 is 0 Å². The molecule has 6 heteroatoms. The van der Waals surface area contributed by atoms with Gasteiger partial charge in [-0.25, -0.2) is 0 Å². The summed E-state index contributed by atoms with van der Waals surface area (Å²) in [6.45, 7) is 2.66. The van der Waals surface area contributed by atoms with Crippen LogP contribution in [-0.4, -0.2) is 17.6 Å². The highest BCUT2D eigenvalue weighted by Crippen LogP contribution is 2.18. The summed E-state index contributed by atoms with van der Waals surface area (Å²) < 4.78 is 5.67. The highest BCUT2D eigenvalue weighted by Gasteiger charge is 2.13. The number of hydrogen-bond acceptors (Lipinski definition) is 3. The van der Waals surface area contributed by atoms with Gasteiger partial charge in [0.25, 0.3) is 5.91 Å². The minimum absolute atomic E-state index is 0.214. The second-order valence-corrected chi connectivity index (χ2v) is 5.96. The van der Waals surface area contributed by atoms with Crippen molar-refractivity contribution in [3.63, 3.8) is 0 Å². The number of rotatable bonds is 6. The van der Waals surface area contributed by atoms with Crippen molar-refractivity contribution in [1.29, 1.82) is 0 Å². The van der Waals surface area contributed by atoms with Gasteiger partial charge >= 0.3 is 0 Å². The second kappa shape index (κ2) is 9.25. The molecule has 2 N–H and O–H groups in total. The molecule has 0 radical (unpaired) electrons. The molecule has 0 aliphatic carbocycles. The van der Waals surface area contributed by atoms with E-state index in [9.17, 15) is 4.79 Å². The monoisotopic (exact) mass is 362 g/mol. The number of carbonyl (C=O) groups excluding carboxylic acids is 1. The number of amides is 1. The zero-order valence-electron chi connectivity index (χ0n) is 13.3. The molecule has 2 rings (SSSR count). The molecule has 0 spiro atoms. The third-order valence-electron chi connectivity index (χ3n) is 3.22. The first-order valence-corrected chi connectivity index (χ1v) is 8.48. The van der Waals surface area contributed by atoms with Crippen LogP contribution in [-0.2, 0) is 0 Å². The molecule has 0 aliphatic heterocycles. The molecule has 0 fully saturated rings. The summed E-state index contributed by atoms with van der Waals surface area (Å²) in [7, 11) is 0. The maximum atomic E-state index is 12.4. The lowest BCUT2D eigenvalue weighted by Crippen LogP contribution is -2.34. The zero-order valence-corrected chi connectivity index (χ0v) is 14.9. The summed E-state index contributed by atoms with van der Waals surface area (Å²) in [5, 5.41) is 6.45. The number of halogens is 1. The van der Waals surface area contributed by atoms with E-state index < -0.39 is 0 Å². The molecule has 2 aromatic carbocycles. The lowest BCUT2D eigenvalue weighted by molar-refractivity contribution is 0.0973. The molecule has 0 saturated heterocycles. The molecule has 126 valence electrons. The Hall–Kier alpha value is -2.11. The van der Waals surface area contributed by atoms with Crippen LogP contribution in [0.3, 0.4) is 0 Å². The molecule has 2 aromatic rings. The predicted molar refractivity (Wildman–Crippen MR) is 102 cm³/mol. The van der Waals surface area contributed by atoms with Crippen LogP contribution >= 0.6 is 23.8 Å². The van der Waals surface area contributed by atoms with Gasteiger partial charge in [0.1, 0.15) is 5.75 Å². The Morgan fingerprint density at radius 3 is 2.58 bits per heavy atom. The Labute approximate surface area is 152 Å². The van der Waals surface area contributed by atoms with Crippen LogP contribution in [0.2, 0.25) is 5.02 Å². The van der Waals surface area contributed by atoms with Gasteiger partial charge in [-0.1, -0.05) is 37.1 Å². The van der Waals surface area contributed by atoms with Crippen molar-refractivity contribution < 1.29 is 9.53 Å². The number of thiocarbonyl (C=S) groups is 1. The topological polar surface area (TPSA) is 50.4 Å². The van der Waals surface area contributed by atoms with Gasteiger partial charge in [-0.3, -0.25) is 10.1 Å². The average molecular weight is 363 g/mol. The molecule has 1 amide bonds. The molecular weight excluding hydrogens is 344 g/mol. The standard InChI is InChI=1S/C18H19ClN2O2S/c1-2-3-12-23-16-7-5-4-6-15(16)17(22)21-18(24)20-14-10-8-13(19)9-11-14/h4-11H,2-3,12H2,1H3,(H2,20,21,22,24). The molecule has 0 heterocycles. The predicted octanol–water partition coefficient (Wildman–Crippen LogP) is 4.65.